The first-order valence-electron chi connectivity index (χ1n) is 4.62. The van der Waals surface area contributed by atoms with Crippen molar-refractivity contribution in [2.45, 2.75) is 51.2 Å². The highest BCUT2D eigenvalue weighted by atomic mass is 16.3. The van der Waals surface area contributed by atoms with E-state index in [2.05, 4.69) is 12.2 Å². The number of β-amino-alcohol motifs (C(OH)–C–C–N with tert-alkyl or cyclic N) is 1. The molecule has 1 rings (SSSR count). The van der Waals surface area contributed by atoms with Crippen LogP contribution < -0.4 is 5.32 Å². The number of rotatable bonds is 4. The minimum atomic E-state index is -0.209. The molecule has 0 spiro atoms. The summed E-state index contributed by atoms with van der Waals surface area (Å²) >= 11 is 0. The van der Waals surface area contributed by atoms with E-state index in [0.717, 1.165) is 6.54 Å². The van der Waals surface area contributed by atoms with Crippen molar-refractivity contribution in [2.24, 2.45) is 0 Å². The van der Waals surface area contributed by atoms with Gasteiger partial charge in [0.15, 0.2) is 0 Å². The largest absolute Gasteiger partial charge is 0.392 e. The van der Waals surface area contributed by atoms with Crippen LogP contribution in [0, 0.1) is 0 Å². The van der Waals surface area contributed by atoms with E-state index in [0.29, 0.717) is 5.54 Å². The van der Waals surface area contributed by atoms with Gasteiger partial charge in [-0.2, -0.15) is 0 Å². The van der Waals surface area contributed by atoms with Crippen LogP contribution in [-0.2, 0) is 0 Å². The summed E-state index contributed by atoms with van der Waals surface area (Å²) in [6, 6.07) is 0. The van der Waals surface area contributed by atoms with E-state index in [4.69, 9.17) is 5.11 Å². The predicted octanol–water partition coefficient (Wildman–Crippen LogP) is 1.29. The van der Waals surface area contributed by atoms with Crippen LogP contribution in [0.4, 0.5) is 0 Å². The highest BCUT2D eigenvalue weighted by Gasteiger charge is 2.34. The van der Waals surface area contributed by atoms with Crippen molar-refractivity contribution in [3.63, 3.8) is 0 Å². The number of nitrogens with one attached hydrogen (secondary N) is 1. The Morgan fingerprint density at radius 2 is 2.18 bits per heavy atom. The Hall–Kier alpha value is -0.0800. The normalized spacial score (nSPS) is 24.3. The highest BCUT2D eigenvalue weighted by Crippen LogP contribution is 2.34. The van der Waals surface area contributed by atoms with Crippen LogP contribution in [0.15, 0.2) is 0 Å². The maximum atomic E-state index is 9.07. The molecule has 0 aromatic heterocycles. The molecule has 0 aliphatic heterocycles. The van der Waals surface area contributed by atoms with Crippen LogP contribution in [0.3, 0.4) is 0 Å². The summed E-state index contributed by atoms with van der Waals surface area (Å²) in [6.07, 6.45) is 4.91. The molecule has 0 aromatic rings. The van der Waals surface area contributed by atoms with Crippen LogP contribution in [0.25, 0.3) is 0 Å². The molecule has 0 unspecified atom stereocenters. The van der Waals surface area contributed by atoms with E-state index >= 15 is 0 Å². The SMILES string of the molecule is CCC1(NC[C@H](C)O)CCC1. The van der Waals surface area contributed by atoms with Gasteiger partial charge in [-0.3, -0.25) is 0 Å². The lowest BCUT2D eigenvalue weighted by molar-refractivity contribution is 0.128. The van der Waals surface area contributed by atoms with Gasteiger partial charge in [0.25, 0.3) is 0 Å². The number of hydrogen-bond donors (Lipinski definition) is 2. The Morgan fingerprint density at radius 1 is 1.55 bits per heavy atom. The standard InChI is InChI=1S/C9H19NO/c1-3-9(5-4-6-9)10-7-8(2)11/h8,10-11H,3-7H2,1-2H3/t8-/m0/s1. The first kappa shape index (κ1) is 9.01. The Balaban J connectivity index is 2.22. The molecule has 1 saturated carbocycles. The summed E-state index contributed by atoms with van der Waals surface area (Å²) in [5.41, 5.74) is 0.386. The van der Waals surface area contributed by atoms with Gasteiger partial charge in [-0.1, -0.05) is 6.92 Å². The smallest absolute Gasteiger partial charge is 0.0636 e. The number of aliphatic hydroxyl groups is 1. The van der Waals surface area contributed by atoms with Gasteiger partial charge in [-0.25, -0.2) is 0 Å². The van der Waals surface area contributed by atoms with Gasteiger partial charge in [-0.15, -0.1) is 0 Å². The molecular formula is C9H19NO. The number of hydrogen-bond acceptors (Lipinski definition) is 2. The second-order valence-corrected chi connectivity index (χ2v) is 3.72. The Morgan fingerprint density at radius 3 is 2.45 bits per heavy atom. The molecule has 2 heteroatoms. The van der Waals surface area contributed by atoms with Crippen molar-refractivity contribution in [3.8, 4) is 0 Å². The molecule has 1 atom stereocenters. The van der Waals surface area contributed by atoms with E-state index in [9.17, 15) is 0 Å². The van der Waals surface area contributed by atoms with E-state index in [-0.39, 0.29) is 6.10 Å². The third kappa shape index (κ3) is 2.17. The van der Waals surface area contributed by atoms with Gasteiger partial charge in [0.2, 0.25) is 0 Å². The van der Waals surface area contributed by atoms with E-state index in [1.165, 1.54) is 25.7 Å². The van der Waals surface area contributed by atoms with Crippen LogP contribution in [-0.4, -0.2) is 23.3 Å². The fourth-order valence-electron chi connectivity index (χ4n) is 1.62. The van der Waals surface area contributed by atoms with Crippen molar-refractivity contribution in [2.75, 3.05) is 6.54 Å². The first-order chi connectivity index (χ1) is 5.18. The molecule has 0 radical (unpaired) electrons. The fourth-order valence-corrected chi connectivity index (χ4v) is 1.62. The second kappa shape index (κ2) is 3.55. The van der Waals surface area contributed by atoms with Crippen molar-refractivity contribution >= 4 is 0 Å². The third-order valence-electron chi connectivity index (χ3n) is 2.76. The topological polar surface area (TPSA) is 32.3 Å². The van der Waals surface area contributed by atoms with Gasteiger partial charge in [0, 0.05) is 12.1 Å². The summed E-state index contributed by atoms with van der Waals surface area (Å²) in [7, 11) is 0. The van der Waals surface area contributed by atoms with E-state index < -0.39 is 0 Å². The number of aliphatic hydroxyl groups excluding tert-OH is 1. The zero-order valence-corrected chi connectivity index (χ0v) is 7.56. The Bertz CT molecular complexity index is 113. The van der Waals surface area contributed by atoms with E-state index in [1.807, 2.05) is 6.92 Å². The molecule has 0 bridgehead atoms. The minimum absolute atomic E-state index is 0.209. The molecule has 1 aliphatic carbocycles. The molecular weight excluding hydrogens is 138 g/mol. The van der Waals surface area contributed by atoms with Gasteiger partial charge in [0.05, 0.1) is 6.10 Å². The van der Waals surface area contributed by atoms with Crippen LogP contribution in [0.2, 0.25) is 0 Å². The second-order valence-electron chi connectivity index (χ2n) is 3.72. The minimum Gasteiger partial charge on any atom is -0.392 e. The zero-order valence-electron chi connectivity index (χ0n) is 7.56. The Kier molecular flexibility index (Phi) is 2.90. The van der Waals surface area contributed by atoms with E-state index in [1.54, 1.807) is 0 Å². The molecule has 1 aliphatic rings. The monoisotopic (exact) mass is 157 g/mol. The van der Waals surface area contributed by atoms with Gasteiger partial charge >= 0.3 is 0 Å². The molecule has 0 aromatic carbocycles. The summed E-state index contributed by atoms with van der Waals surface area (Å²) < 4.78 is 0. The molecule has 11 heavy (non-hydrogen) atoms. The summed E-state index contributed by atoms with van der Waals surface area (Å²) in [6.45, 7) is 4.79. The zero-order chi connectivity index (χ0) is 8.32. The lowest BCUT2D eigenvalue weighted by atomic mass is 9.75. The lowest BCUT2D eigenvalue weighted by Crippen LogP contribution is -2.52. The molecule has 2 nitrogen and oxygen atoms in total. The summed E-state index contributed by atoms with van der Waals surface area (Å²) in [5.74, 6) is 0. The molecule has 0 amide bonds. The third-order valence-corrected chi connectivity index (χ3v) is 2.76. The van der Waals surface area contributed by atoms with Crippen LogP contribution >= 0.6 is 0 Å². The average molecular weight is 157 g/mol. The van der Waals surface area contributed by atoms with Crippen LogP contribution in [0.5, 0.6) is 0 Å². The molecule has 66 valence electrons. The maximum Gasteiger partial charge on any atom is 0.0636 e. The van der Waals surface area contributed by atoms with Crippen LogP contribution in [0.1, 0.15) is 39.5 Å². The van der Waals surface area contributed by atoms with Gasteiger partial charge in [-0.05, 0) is 32.6 Å². The fraction of sp³-hybridized carbons (Fsp3) is 1.00. The average Bonchev–Trinajstić information content (AvgIpc) is 1.86. The maximum absolute atomic E-state index is 9.07. The molecule has 2 N–H and O–H groups in total. The van der Waals surface area contributed by atoms with Crippen molar-refractivity contribution in [1.82, 2.24) is 5.32 Å². The highest BCUT2D eigenvalue weighted by molar-refractivity contribution is 4.94. The summed E-state index contributed by atoms with van der Waals surface area (Å²) in [4.78, 5) is 0. The Labute approximate surface area is 69.0 Å². The molecule has 0 heterocycles. The summed E-state index contributed by atoms with van der Waals surface area (Å²) in [5, 5.41) is 12.5. The van der Waals surface area contributed by atoms with Gasteiger partial charge < -0.3 is 10.4 Å². The molecule has 1 fully saturated rings. The van der Waals surface area contributed by atoms with Crippen molar-refractivity contribution in [1.29, 1.82) is 0 Å². The quantitative estimate of drug-likeness (QED) is 0.644. The molecule has 0 saturated heterocycles. The van der Waals surface area contributed by atoms with Crippen molar-refractivity contribution < 1.29 is 5.11 Å². The van der Waals surface area contributed by atoms with Gasteiger partial charge in [0.1, 0.15) is 0 Å². The van der Waals surface area contributed by atoms with Crippen molar-refractivity contribution in [3.05, 3.63) is 0 Å². The first-order valence-corrected chi connectivity index (χ1v) is 4.62. The lowest BCUT2D eigenvalue weighted by Gasteiger charge is -2.42. The predicted molar refractivity (Wildman–Crippen MR) is 46.6 cm³/mol.